The van der Waals surface area contributed by atoms with E-state index >= 15 is 0 Å². The van der Waals surface area contributed by atoms with Gasteiger partial charge in [-0.15, -0.1) is 0 Å². The van der Waals surface area contributed by atoms with Crippen molar-refractivity contribution in [3.8, 4) is 5.69 Å². The van der Waals surface area contributed by atoms with E-state index in [-0.39, 0.29) is 5.56 Å². The second-order valence-corrected chi connectivity index (χ2v) is 9.90. The van der Waals surface area contributed by atoms with Gasteiger partial charge in [-0.05, 0) is 54.6 Å². The fourth-order valence-corrected chi connectivity index (χ4v) is 6.12. The summed E-state index contributed by atoms with van der Waals surface area (Å²) in [6.07, 6.45) is 0. The van der Waals surface area contributed by atoms with Crippen molar-refractivity contribution in [2.75, 3.05) is 0 Å². The summed E-state index contributed by atoms with van der Waals surface area (Å²) in [5, 5.41) is 3.76. The van der Waals surface area contributed by atoms with E-state index in [1.54, 1.807) is 4.40 Å². The Bertz CT molecular complexity index is 2520. The normalized spacial score (nSPS) is 12.2. The molecular formula is C33H19N5O. The second kappa shape index (κ2) is 7.30. The Morgan fingerprint density at radius 2 is 1.15 bits per heavy atom. The lowest BCUT2D eigenvalue weighted by Crippen LogP contribution is -2.18. The summed E-state index contributed by atoms with van der Waals surface area (Å²) < 4.78 is 6.06. The summed E-state index contributed by atoms with van der Waals surface area (Å²) in [7, 11) is 0. The molecule has 0 aliphatic heterocycles. The number of hydrogen-bond acceptors (Lipinski definition) is 3. The Kier molecular flexibility index (Phi) is 3.85. The van der Waals surface area contributed by atoms with Crippen molar-refractivity contribution < 1.29 is 0 Å². The summed E-state index contributed by atoms with van der Waals surface area (Å²) >= 11 is 0. The lowest BCUT2D eigenvalue weighted by atomic mass is 10.1. The van der Waals surface area contributed by atoms with Crippen molar-refractivity contribution in [3.05, 3.63) is 126 Å². The summed E-state index contributed by atoms with van der Waals surface area (Å²) in [4.78, 5) is 24.0. The van der Waals surface area contributed by atoms with Gasteiger partial charge in [-0.3, -0.25) is 9.20 Å². The highest BCUT2D eigenvalue weighted by molar-refractivity contribution is 6.15. The number of nitrogens with zero attached hydrogens (tertiary/aromatic N) is 5. The predicted octanol–water partition coefficient (Wildman–Crippen LogP) is 6.90. The van der Waals surface area contributed by atoms with Gasteiger partial charge < -0.3 is 4.57 Å². The van der Waals surface area contributed by atoms with Crippen LogP contribution < -0.4 is 5.56 Å². The molecule has 182 valence electrons. The molecule has 0 saturated carbocycles. The van der Waals surface area contributed by atoms with Crippen LogP contribution >= 0.6 is 0 Å². The predicted molar refractivity (Wildman–Crippen MR) is 157 cm³/mol. The number of para-hydroxylation sites is 5. The smallest absolute Gasteiger partial charge is 0.268 e. The fourth-order valence-electron chi connectivity index (χ4n) is 6.12. The highest BCUT2D eigenvalue weighted by Gasteiger charge is 2.20. The van der Waals surface area contributed by atoms with Crippen molar-refractivity contribution in [2.45, 2.75) is 0 Å². The van der Waals surface area contributed by atoms with E-state index in [2.05, 4.69) is 75.7 Å². The summed E-state index contributed by atoms with van der Waals surface area (Å²) in [5.74, 6) is 0.563. The maximum Gasteiger partial charge on any atom is 0.268 e. The van der Waals surface area contributed by atoms with Crippen LogP contribution in [0.4, 0.5) is 0 Å². The Hall–Kier alpha value is -5.49. The van der Waals surface area contributed by atoms with Crippen molar-refractivity contribution in [1.82, 2.24) is 23.3 Å². The van der Waals surface area contributed by atoms with Gasteiger partial charge in [0.15, 0.2) is 5.65 Å². The molecule has 6 nitrogen and oxygen atoms in total. The van der Waals surface area contributed by atoms with E-state index in [0.717, 1.165) is 44.0 Å². The first-order valence-corrected chi connectivity index (χ1v) is 12.9. The van der Waals surface area contributed by atoms with Gasteiger partial charge in [0.25, 0.3) is 5.56 Å². The van der Waals surface area contributed by atoms with Crippen LogP contribution in [-0.2, 0) is 0 Å². The Morgan fingerprint density at radius 1 is 0.487 bits per heavy atom. The molecule has 0 unspecified atom stereocenters. The number of imidazole rings is 1. The molecule has 9 aromatic rings. The lowest BCUT2D eigenvalue weighted by molar-refractivity contribution is 1.05. The molecule has 0 aliphatic rings. The van der Waals surface area contributed by atoms with Gasteiger partial charge in [0, 0.05) is 21.8 Å². The third-order valence-electron chi connectivity index (χ3n) is 7.81. The molecule has 0 spiro atoms. The van der Waals surface area contributed by atoms with Gasteiger partial charge in [-0.2, -0.15) is 0 Å². The maximum absolute atomic E-state index is 14.0. The average molecular weight is 502 g/mol. The summed E-state index contributed by atoms with van der Waals surface area (Å²) in [5.41, 5.74) is 7.16. The third-order valence-corrected chi connectivity index (χ3v) is 7.81. The summed E-state index contributed by atoms with van der Waals surface area (Å²) in [6.45, 7) is 0. The molecule has 5 aromatic carbocycles. The number of rotatable bonds is 1. The largest absolute Gasteiger partial charge is 0.309 e. The maximum atomic E-state index is 14.0. The van der Waals surface area contributed by atoms with E-state index in [4.69, 9.17) is 9.97 Å². The zero-order valence-corrected chi connectivity index (χ0v) is 20.6. The van der Waals surface area contributed by atoms with Gasteiger partial charge in [0.1, 0.15) is 0 Å². The zero-order chi connectivity index (χ0) is 25.7. The highest BCUT2D eigenvalue weighted by Crippen LogP contribution is 2.36. The van der Waals surface area contributed by atoms with Crippen molar-refractivity contribution >= 4 is 66.1 Å². The molecule has 0 fully saturated rings. The van der Waals surface area contributed by atoms with Crippen LogP contribution in [0.1, 0.15) is 0 Å². The van der Waals surface area contributed by atoms with Crippen LogP contribution in [0, 0.1) is 0 Å². The van der Waals surface area contributed by atoms with Crippen LogP contribution in [0.2, 0.25) is 0 Å². The number of aromatic nitrogens is 5. The first-order chi connectivity index (χ1) is 19.3. The number of hydrogen-bond donors (Lipinski definition) is 0. The SMILES string of the molecule is O=c1c2ccccc2nc2c3cc4c(cc3n3c5ccccc5nc3n12)c1ccccc1n4-c1ccccc1. The molecule has 4 heterocycles. The van der Waals surface area contributed by atoms with Crippen LogP contribution in [0.25, 0.3) is 71.8 Å². The Morgan fingerprint density at radius 3 is 2.00 bits per heavy atom. The van der Waals surface area contributed by atoms with Gasteiger partial charge in [0.05, 0.1) is 38.5 Å². The van der Waals surface area contributed by atoms with E-state index in [1.807, 2.05) is 48.5 Å². The minimum absolute atomic E-state index is 0.124. The van der Waals surface area contributed by atoms with Crippen LogP contribution in [0.5, 0.6) is 0 Å². The van der Waals surface area contributed by atoms with Crippen LogP contribution in [0.3, 0.4) is 0 Å². The van der Waals surface area contributed by atoms with Crippen LogP contribution in [0.15, 0.2) is 120 Å². The van der Waals surface area contributed by atoms with Crippen LogP contribution in [-0.4, -0.2) is 23.3 Å². The Labute approximate surface area is 220 Å². The second-order valence-electron chi connectivity index (χ2n) is 9.90. The van der Waals surface area contributed by atoms with Crippen molar-refractivity contribution in [3.63, 3.8) is 0 Å². The van der Waals surface area contributed by atoms with Gasteiger partial charge in [0.2, 0.25) is 5.78 Å². The van der Waals surface area contributed by atoms with Gasteiger partial charge in [-0.1, -0.05) is 60.7 Å². The first-order valence-electron chi connectivity index (χ1n) is 12.9. The molecule has 0 aliphatic carbocycles. The van der Waals surface area contributed by atoms with Crippen molar-refractivity contribution in [2.24, 2.45) is 0 Å². The minimum Gasteiger partial charge on any atom is -0.309 e. The molecular weight excluding hydrogens is 482 g/mol. The molecule has 0 bridgehead atoms. The molecule has 0 atom stereocenters. The lowest BCUT2D eigenvalue weighted by Gasteiger charge is -2.12. The Balaban J connectivity index is 1.61. The minimum atomic E-state index is -0.124. The standard InChI is InChI=1S/C33H19N5O/c39-32-22-13-4-6-14-25(22)34-31-24-19-29-23(21-12-5-8-16-27(21)36(29)20-10-2-1-3-11-20)18-30(24)37-28-17-9-7-15-26(28)35-33(37)38(31)32/h1-19H. The molecule has 4 aromatic heterocycles. The third kappa shape index (κ3) is 2.62. The number of benzene rings is 5. The van der Waals surface area contributed by atoms with E-state index < -0.39 is 0 Å². The molecule has 6 heteroatoms. The number of fused-ring (bicyclic) bond motifs is 12. The highest BCUT2D eigenvalue weighted by atomic mass is 16.1. The van der Waals surface area contributed by atoms with Gasteiger partial charge in [-0.25, -0.2) is 14.4 Å². The molecule has 39 heavy (non-hydrogen) atoms. The fraction of sp³-hybridized carbons (Fsp3) is 0. The monoisotopic (exact) mass is 501 g/mol. The topological polar surface area (TPSA) is 56.6 Å². The molecule has 9 rings (SSSR count). The molecule has 0 amide bonds. The van der Waals surface area contributed by atoms with E-state index in [1.165, 1.54) is 5.39 Å². The average Bonchev–Trinajstić information content (AvgIpc) is 3.53. The quantitative estimate of drug-likeness (QED) is 0.182. The molecule has 0 radical (unpaired) electrons. The zero-order valence-electron chi connectivity index (χ0n) is 20.6. The summed E-state index contributed by atoms with van der Waals surface area (Å²) in [6, 6.07) is 38.8. The molecule has 0 saturated heterocycles. The van der Waals surface area contributed by atoms with Crippen molar-refractivity contribution in [1.29, 1.82) is 0 Å². The first kappa shape index (κ1) is 20.6. The van der Waals surface area contributed by atoms with Gasteiger partial charge >= 0.3 is 0 Å². The van der Waals surface area contributed by atoms with E-state index in [9.17, 15) is 4.79 Å². The van der Waals surface area contributed by atoms with E-state index in [0.29, 0.717) is 22.3 Å². The molecule has 0 N–H and O–H groups in total.